The van der Waals surface area contributed by atoms with E-state index in [9.17, 15) is 13.2 Å². The number of thiophene rings is 1. The van der Waals surface area contributed by atoms with Crippen molar-refractivity contribution >= 4 is 43.3 Å². The van der Waals surface area contributed by atoms with Crippen LogP contribution in [-0.4, -0.2) is 48.6 Å². The van der Waals surface area contributed by atoms with E-state index in [4.69, 9.17) is 10.2 Å². The molecule has 2 N–H and O–H groups in total. The molecule has 1 aromatic rings. The number of sulfonamides is 1. The lowest BCUT2D eigenvalue weighted by atomic mass is 10.4. The van der Waals surface area contributed by atoms with Gasteiger partial charge >= 0.3 is 5.97 Å². The fourth-order valence-corrected chi connectivity index (χ4v) is 4.84. The molecule has 0 spiro atoms. The molecule has 6 nitrogen and oxygen atoms in total. The highest BCUT2D eigenvalue weighted by atomic mass is 79.9. The van der Waals surface area contributed by atoms with E-state index in [-0.39, 0.29) is 20.2 Å². The van der Waals surface area contributed by atoms with E-state index in [0.29, 0.717) is 0 Å². The van der Waals surface area contributed by atoms with Crippen molar-refractivity contribution in [1.29, 1.82) is 0 Å². The van der Waals surface area contributed by atoms with Crippen molar-refractivity contribution < 1.29 is 23.4 Å². The van der Waals surface area contributed by atoms with E-state index in [1.54, 1.807) is 6.92 Å². The maximum atomic E-state index is 12.2. The van der Waals surface area contributed by atoms with Crippen LogP contribution in [0.15, 0.2) is 14.7 Å². The van der Waals surface area contributed by atoms with Gasteiger partial charge in [-0.05, 0) is 28.9 Å². The molecule has 0 aliphatic rings. The molecule has 1 unspecified atom stereocenters. The summed E-state index contributed by atoms with van der Waals surface area (Å²) < 4.78 is 25.6. The third-order valence-corrected chi connectivity index (χ3v) is 6.62. The van der Waals surface area contributed by atoms with Gasteiger partial charge in [-0.25, -0.2) is 13.2 Å². The van der Waals surface area contributed by atoms with Gasteiger partial charge in [0.25, 0.3) is 0 Å². The second kappa shape index (κ2) is 5.66. The van der Waals surface area contributed by atoms with Crippen molar-refractivity contribution in [1.82, 2.24) is 4.31 Å². The van der Waals surface area contributed by atoms with Crippen LogP contribution < -0.4 is 0 Å². The molecular formula is C9H12BrNO5S2. The number of carboxylic acid groups (broad SMARTS) is 1. The quantitative estimate of drug-likeness (QED) is 0.825. The largest absolute Gasteiger partial charge is 0.477 e. The van der Waals surface area contributed by atoms with E-state index in [2.05, 4.69) is 15.9 Å². The Labute approximate surface area is 117 Å². The lowest BCUT2D eigenvalue weighted by Gasteiger charge is -2.22. The van der Waals surface area contributed by atoms with Crippen LogP contribution in [0.4, 0.5) is 0 Å². The lowest BCUT2D eigenvalue weighted by Crippen LogP contribution is -2.37. The van der Waals surface area contributed by atoms with Crippen molar-refractivity contribution in [3.05, 3.63) is 14.7 Å². The number of halogens is 1. The molecule has 1 aromatic heterocycles. The zero-order chi connectivity index (χ0) is 14.1. The first kappa shape index (κ1) is 15.6. The van der Waals surface area contributed by atoms with Gasteiger partial charge in [0.15, 0.2) is 0 Å². The number of likely N-dealkylation sites (N-methyl/N-ethyl adjacent to an activating group) is 1. The average molecular weight is 358 g/mol. The van der Waals surface area contributed by atoms with Crippen LogP contribution in [0.1, 0.15) is 16.6 Å². The Kier molecular flexibility index (Phi) is 4.90. The van der Waals surface area contributed by atoms with Crippen molar-refractivity contribution in [3.8, 4) is 0 Å². The Morgan fingerprint density at radius 3 is 2.56 bits per heavy atom. The Bertz CT molecular complexity index is 553. The van der Waals surface area contributed by atoms with Crippen LogP contribution >= 0.6 is 27.3 Å². The topological polar surface area (TPSA) is 94.9 Å². The van der Waals surface area contributed by atoms with Gasteiger partial charge < -0.3 is 10.2 Å². The minimum Gasteiger partial charge on any atom is -0.477 e. The van der Waals surface area contributed by atoms with Crippen LogP contribution in [0.5, 0.6) is 0 Å². The predicted molar refractivity (Wildman–Crippen MR) is 70.5 cm³/mol. The van der Waals surface area contributed by atoms with Gasteiger partial charge in [-0.1, -0.05) is 0 Å². The number of aliphatic hydroxyl groups excluding tert-OH is 1. The molecule has 102 valence electrons. The second-order valence-corrected chi connectivity index (χ2v) is 7.94. The minimum absolute atomic E-state index is 0.0644. The third kappa shape index (κ3) is 2.91. The molecule has 1 rings (SSSR count). The number of hydrogen-bond acceptors (Lipinski definition) is 5. The van der Waals surface area contributed by atoms with Crippen LogP contribution in [0.3, 0.4) is 0 Å². The fraction of sp³-hybridized carbons (Fsp3) is 0.444. The van der Waals surface area contributed by atoms with Gasteiger partial charge in [0, 0.05) is 13.1 Å². The van der Waals surface area contributed by atoms with Gasteiger partial charge in [0.2, 0.25) is 10.0 Å². The lowest BCUT2D eigenvalue weighted by molar-refractivity contribution is 0.0702. The summed E-state index contributed by atoms with van der Waals surface area (Å²) >= 11 is 3.88. The molecule has 0 aromatic carbocycles. The van der Waals surface area contributed by atoms with Crippen molar-refractivity contribution in [2.75, 3.05) is 13.7 Å². The van der Waals surface area contributed by atoms with Crippen molar-refractivity contribution in [2.45, 2.75) is 17.9 Å². The highest BCUT2D eigenvalue weighted by Crippen LogP contribution is 2.33. The molecule has 1 heterocycles. The Hall–Kier alpha value is -0.480. The zero-order valence-corrected chi connectivity index (χ0v) is 12.8. The monoisotopic (exact) mass is 357 g/mol. The molecule has 0 aliphatic carbocycles. The number of aliphatic hydroxyl groups is 1. The first-order valence-electron chi connectivity index (χ1n) is 4.83. The number of carboxylic acids is 1. The summed E-state index contributed by atoms with van der Waals surface area (Å²) in [7, 11) is -2.49. The molecule has 0 saturated heterocycles. The molecule has 0 aliphatic heterocycles. The second-order valence-electron chi connectivity index (χ2n) is 3.61. The van der Waals surface area contributed by atoms with E-state index >= 15 is 0 Å². The van der Waals surface area contributed by atoms with Gasteiger partial charge in [-0.3, -0.25) is 0 Å². The summed E-state index contributed by atoms with van der Waals surface area (Å²) in [5.74, 6) is -1.18. The molecule has 0 fully saturated rings. The molecule has 0 amide bonds. The number of carbonyl (C=O) groups is 1. The first-order valence-corrected chi connectivity index (χ1v) is 7.88. The average Bonchev–Trinajstić information content (AvgIpc) is 2.70. The molecule has 9 heteroatoms. The number of aromatic carboxylic acids is 1. The minimum atomic E-state index is -3.82. The first-order chi connectivity index (χ1) is 8.21. The summed E-state index contributed by atoms with van der Waals surface area (Å²) in [6, 6.07) is 0.516. The number of nitrogens with zero attached hydrogens (tertiary/aromatic N) is 1. The van der Waals surface area contributed by atoms with E-state index < -0.39 is 22.0 Å². The Balaban J connectivity index is 3.24. The molecule has 18 heavy (non-hydrogen) atoms. The normalized spacial score (nSPS) is 13.8. The van der Waals surface area contributed by atoms with Crippen molar-refractivity contribution in [3.63, 3.8) is 0 Å². The Morgan fingerprint density at radius 2 is 2.17 bits per heavy atom. The molecule has 0 radical (unpaired) electrons. The molecule has 1 atom stereocenters. The van der Waals surface area contributed by atoms with Gasteiger partial charge in [0.05, 0.1) is 10.4 Å². The van der Waals surface area contributed by atoms with Crippen LogP contribution in [0.2, 0.25) is 0 Å². The van der Waals surface area contributed by atoms with Gasteiger partial charge in [0.1, 0.15) is 9.77 Å². The maximum absolute atomic E-state index is 12.2. The summed E-state index contributed by atoms with van der Waals surface area (Å²) in [6.07, 6.45) is 0. The number of rotatable bonds is 5. The third-order valence-electron chi connectivity index (χ3n) is 2.41. The number of hydrogen-bond donors (Lipinski definition) is 2. The fourth-order valence-electron chi connectivity index (χ4n) is 1.14. The summed E-state index contributed by atoms with van der Waals surface area (Å²) in [5.41, 5.74) is 0. The Morgan fingerprint density at radius 1 is 1.61 bits per heavy atom. The predicted octanol–water partition coefficient (Wildman–Crippen LogP) is 1.21. The molecule has 0 saturated carbocycles. The van der Waals surface area contributed by atoms with E-state index in [1.165, 1.54) is 7.05 Å². The van der Waals surface area contributed by atoms with E-state index in [1.807, 2.05) is 0 Å². The smallest absolute Gasteiger partial charge is 0.345 e. The van der Waals surface area contributed by atoms with Gasteiger partial charge in [-0.15, -0.1) is 11.3 Å². The standard InChI is InChI=1S/C9H12BrNO5S2/c1-5(4-12)11(2)18(15,16)7-3-6(9(13)14)17-8(7)10/h3,5,12H,4H2,1-2H3,(H,13,14). The van der Waals surface area contributed by atoms with Crippen LogP contribution in [-0.2, 0) is 10.0 Å². The summed E-state index contributed by atoms with van der Waals surface area (Å²) in [5, 5.41) is 17.8. The van der Waals surface area contributed by atoms with Crippen LogP contribution in [0, 0.1) is 0 Å². The van der Waals surface area contributed by atoms with Crippen LogP contribution in [0.25, 0.3) is 0 Å². The maximum Gasteiger partial charge on any atom is 0.345 e. The highest BCUT2D eigenvalue weighted by Gasteiger charge is 2.29. The SMILES string of the molecule is CC(CO)N(C)S(=O)(=O)c1cc(C(=O)O)sc1Br. The molecule has 0 bridgehead atoms. The van der Waals surface area contributed by atoms with Gasteiger partial charge in [-0.2, -0.15) is 4.31 Å². The van der Waals surface area contributed by atoms with E-state index in [0.717, 1.165) is 21.7 Å². The summed E-state index contributed by atoms with van der Waals surface area (Å²) in [4.78, 5) is 10.6. The molecular weight excluding hydrogens is 346 g/mol. The zero-order valence-electron chi connectivity index (χ0n) is 9.62. The highest BCUT2D eigenvalue weighted by molar-refractivity contribution is 9.11. The summed E-state index contributed by atoms with van der Waals surface area (Å²) in [6.45, 7) is 1.24. The van der Waals surface area contributed by atoms with Crippen molar-refractivity contribution in [2.24, 2.45) is 0 Å².